The van der Waals surface area contributed by atoms with Gasteiger partial charge in [-0.25, -0.2) is 0 Å². The van der Waals surface area contributed by atoms with Crippen LogP contribution in [0.2, 0.25) is 0 Å². The first kappa shape index (κ1) is 30.0. The first-order valence-corrected chi connectivity index (χ1v) is 11.6. The molecule has 4 rings (SSSR count). The molecule has 5 atom stereocenters. The summed E-state index contributed by atoms with van der Waals surface area (Å²) >= 11 is 0. The quantitative estimate of drug-likeness (QED) is 0.269. The van der Waals surface area contributed by atoms with Crippen LogP contribution in [0.1, 0.15) is 0 Å². The predicted molar refractivity (Wildman–Crippen MR) is 137 cm³/mol. The minimum Gasteiger partial charge on any atom is -0.493 e. The van der Waals surface area contributed by atoms with Gasteiger partial charge in [0.1, 0.15) is 41.1 Å². The third kappa shape index (κ3) is 6.03. The molecule has 39 heavy (non-hydrogen) atoms. The van der Waals surface area contributed by atoms with Crippen molar-refractivity contribution in [2.45, 2.75) is 30.7 Å². The molecule has 1 aliphatic rings. The van der Waals surface area contributed by atoms with E-state index in [0.717, 1.165) is 0 Å². The number of rotatable bonds is 7. The summed E-state index contributed by atoms with van der Waals surface area (Å²) in [6.07, 6.45) is -7.04. The van der Waals surface area contributed by atoms with Crippen LogP contribution in [-0.2, 0) is 4.74 Å². The number of hydrogen-bond donors (Lipinski definition) is 5. The third-order valence-corrected chi connectivity index (χ3v) is 6.06. The summed E-state index contributed by atoms with van der Waals surface area (Å²) in [6.45, 7) is -0.526. The van der Waals surface area contributed by atoms with Gasteiger partial charge >= 0.3 is 0 Å². The number of aliphatic hydroxyl groups is 5. The van der Waals surface area contributed by atoms with Crippen molar-refractivity contribution < 1.29 is 58.4 Å². The highest BCUT2D eigenvalue weighted by atomic mass is 16.6. The molecular weight excluding hydrogens is 520 g/mol. The molecule has 0 amide bonds. The molecule has 1 saturated heterocycles. The Hall–Kier alpha value is -3.59. The van der Waals surface area contributed by atoms with Gasteiger partial charge in [-0.1, -0.05) is 0 Å². The zero-order chi connectivity index (χ0) is 28.9. The topological polar surface area (TPSA) is 187 Å². The molecule has 1 aromatic heterocycles. The highest BCUT2D eigenvalue weighted by Crippen LogP contribution is 2.43. The van der Waals surface area contributed by atoms with E-state index < -0.39 is 37.3 Å². The second kappa shape index (κ2) is 13.0. The van der Waals surface area contributed by atoms with Gasteiger partial charge in [0.05, 0.1) is 42.2 Å². The average Bonchev–Trinajstić information content (AvgIpc) is 2.96. The summed E-state index contributed by atoms with van der Waals surface area (Å²) in [5.41, 5.74) is 0.723. The number of benzene rings is 2. The van der Waals surface area contributed by atoms with Crippen LogP contribution < -0.4 is 29.1 Å². The summed E-state index contributed by atoms with van der Waals surface area (Å²) in [5, 5.41) is 44.9. The molecule has 1 unspecified atom stereocenters. The Morgan fingerprint density at radius 3 is 1.95 bits per heavy atom. The van der Waals surface area contributed by atoms with Crippen molar-refractivity contribution in [3.63, 3.8) is 0 Å². The molecule has 2 aromatic carbocycles. The minimum absolute atomic E-state index is 0.263. The zero-order valence-corrected chi connectivity index (χ0v) is 22.0. The predicted octanol–water partition coefficient (Wildman–Crippen LogP) is 0.282. The van der Waals surface area contributed by atoms with Crippen molar-refractivity contribution in [2.75, 3.05) is 42.2 Å². The van der Waals surface area contributed by atoms with E-state index in [2.05, 4.69) is 4.74 Å². The lowest BCUT2D eigenvalue weighted by atomic mass is 10.00. The Morgan fingerprint density at radius 1 is 0.744 bits per heavy atom. The van der Waals surface area contributed by atoms with Gasteiger partial charge in [-0.15, -0.1) is 0 Å². The van der Waals surface area contributed by atoms with Gasteiger partial charge in [0, 0.05) is 17.7 Å². The van der Waals surface area contributed by atoms with Gasteiger partial charge in [-0.2, -0.15) is 0 Å². The van der Waals surface area contributed by atoms with Gasteiger partial charge in [0.25, 0.3) is 0 Å². The lowest BCUT2D eigenvalue weighted by Crippen LogP contribution is -2.58. The Bertz CT molecular complexity index is 1320. The molecule has 0 radical (unpaired) electrons. The fourth-order valence-electron chi connectivity index (χ4n) is 4.00. The van der Waals surface area contributed by atoms with E-state index in [9.17, 15) is 4.79 Å². The van der Waals surface area contributed by atoms with E-state index >= 15 is 0 Å². The highest BCUT2D eigenvalue weighted by molar-refractivity contribution is 5.90. The summed E-state index contributed by atoms with van der Waals surface area (Å²) in [5.74, 6) is 2.48. The van der Waals surface area contributed by atoms with Gasteiger partial charge in [0.15, 0.2) is 34.7 Å². The van der Waals surface area contributed by atoms with Crippen molar-refractivity contribution >= 4 is 11.0 Å². The molecule has 1 aliphatic heterocycles. The van der Waals surface area contributed by atoms with Crippen LogP contribution in [0.5, 0.6) is 28.7 Å². The molecule has 5 N–H and O–H groups in total. The van der Waals surface area contributed by atoms with Crippen molar-refractivity contribution in [2.24, 2.45) is 0 Å². The number of aliphatic hydroxyl groups excluding tert-OH is 5. The largest absolute Gasteiger partial charge is 0.493 e. The molecule has 0 spiro atoms. The van der Waals surface area contributed by atoms with E-state index in [0.29, 0.717) is 39.9 Å². The van der Waals surface area contributed by atoms with Crippen LogP contribution in [-0.4, -0.2) is 98.4 Å². The van der Waals surface area contributed by atoms with E-state index in [4.69, 9.17) is 53.6 Å². The smallest absolute Gasteiger partial charge is 0.204 e. The maximum absolute atomic E-state index is 12.8. The summed E-state index contributed by atoms with van der Waals surface area (Å²) < 4.78 is 37.2. The number of methoxy groups -OCH3 is 5. The van der Waals surface area contributed by atoms with Crippen LogP contribution >= 0.6 is 0 Å². The standard InChI is InChI=1S/C20H20O7.C6H12O6/c1-22-13-7-6-11(8-15(13)23-2)14-9-12(21)18-16(27-14)10-17(24-3)19(25-4)20(18)26-5;7-1-2-3(8)4(9)5(10)6(11)12-2/h6-10H,1-5H3;2-11H,1H2/t;2-,3-,4+,5-,6?/m.1/s1. The monoisotopic (exact) mass is 552 g/mol. The fourth-order valence-corrected chi connectivity index (χ4v) is 4.00. The van der Waals surface area contributed by atoms with Crippen molar-refractivity contribution in [3.8, 4) is 40.1 Å². The van der Waals surface area contributed by atoms with E-state index in [1.54, 1.807) is 38.5 Å². The lowest BCUT2D eigenvalue weighted by molar-refractivity contribution is -0.286. The maximum atomic E-state index is 12.8. The molecule has 0 bridgehead atoms. The van der Waals surface area contributed by atoms with Crippen LogP contribution in [0.15, 0.2) is 39.5 Å². The van der Waals surface area contributed by atoms with Crippen molar-refractivity contribution in [1.29, 1.82) is 0 Å². The van der Waals surface area contributed by atoms with E-state index in [-0.39, 0.29) is 16.6 Å². The Kier molecular flexibility index (Phi) is 9.97. The van der Waals surface area contributed by atoms with Gasteiger partial charge < -0.3 is 58.4 Å². The second-order valence-electron chi connectivity index (χ2n) is 8.28. The maximum Gasteiger partial charge on any atom is 0.204 e. The second-order valence-corrected chi connectivity index (χ2v) is 8.28. The first-order valence-electron chi connectivity index (χ1n) is 11.6. The van der Waals surface area contributed by atoms with Crippen LogP contribution in [0.25, 0.3) is 22.3 Å². The zero-order valence-electron chi connectivity index (χ0n) is 22.0. The van der Waals surface area contributed by atoms with Crippen molar-refractivity contribution in [3.05, 3.63) is 40.6 Å². The summed E-state index contributed by atoms with van der Waals surface area (Å²) in [6, 6.07) is 8.26. The number of hydrogen-bond acceptors (Lipinski definition) is 13. The average molecular weight is 553 g/mol. The fraction of sp³-hybridized carbons (Fsp3) is 0.423. The summed E-state index contributed by atoms with van der Waals surface area (Å²) in [7, 11) is 7.53. The minimum atomic E-state index is -1.57. The molecular formula is C26H32O13. The molecule has 0 saturated carbocycles. The Balaban J connectivity index is 0.000000293. The van der Waals surface area contributed by atoms with Crippen molar-refractivity contribution in [1.82, 2.24) is 0 Å². The molecule has 214 valence electrons. The first-order chi connectivity index (χ1) is 18.6. The third-order valence-electron chi connectivity index (χ3n) is 6.06. The van der Waals surface area contributed by atoms with Gasteiger partial charge in [0.2, 0.25) is 5.75 Å². The summed E-state index contributed by atoms with van der Waals surface area (Å²) in [4.78, 5) is 12.8. The normalized spacial score (nSPS) is 22.5. The molecule has 3 aromatic rings. The SMILES string of the molecule is COc1ccc(-c2cc(=O)c3c(OC)c(OC)c(OC)cc3o2)cc1OC.OC[C@H]1OC(O)[C@H](O)[C@@H](O)[C@@H]1O. The Morgan fingerprint density at radius 2 is 1.38 bits per heavy atom. The molecule has 1 fully saturated rings. The van der Waals surface area contributed by atoms with E-state index in [1.807, 2.05) is 0 Å². The van der Waals surface area contributed by atoms with Crippen LogP contribution in [0, 0.1) is 0 Å². The van der Waals surface area contributed by atoms with Crippen LogP contribution in [0.4, 0.5) is 0 Å². The lowest BCUT2D eigenvalue weighted by Gasteiger charge is -2.37. The number of fused-ring (bicyclic) bond motifs is 1. The molecule has 13 heteroatoms. The van der Waals surface area contributed by atoms with Gasteiger partial charge in [-0.3, -0.25) is 4.79 Å². The van der Waals surface area contributed by atoms with Crippen LogP contribution in [0.3, 0.4) is 0 Å². The molecule has 0 aliphatic carbocycles. The van der Waals surface area contributed by atoms with E-state index in [1.165, 1.54) is 27.4 Å². The van der Waals surface area contributed by atoms with Gasteiger partial charge in [-0.05, 0) is 18.2 Å². The highest BCUT2D eigenvalue weighted by Gasteiger charge is 2.42. The molecule has 13 nitrogen and oxygen atoms in total. The number of ether oxygens (including phenoxy) is 6. The Labute approximate surface area is 223 Å². The molecule has 2 heterocycles.